The molecule has 5 nitrogen and oxygen atoms in total. The molecule has 0 aromatic heterocycles. The van der Waals surface area contributed by atoms with Gasteiger partial charge in [0.15, 0.2) is 0 Å². The molecule has 0 bridgehead atoms. The van der Waals surface area contributed by atoms with E-state index in [1.807, 2.05) is 24.3 Å². The van der Waals surface area contributed by atoms with Gasteiger partial charge in [-0.25, -0.2) is 4.79 Å². The predicted molar refractivity (Wildman–Crippen MR) is 96.0 cm³/mol. The van der Waals surface area contributed by atoms with Gasteiger partial charge in [0, 0.05) is 25.9 Å². The van der Waals surface area contributed by atoms with Crippen LogP contribution in [0, 0.1) is 5.92 Å². The van der Waals surface area contributed by atoms with Crippen LogP contribution in [0.1, 0.15) is 44.6 Å². The van der Waals surface area contributed by atoms with Gasteiger partial charge in [-0.1, -0.05) is 31.9 Å². The van der Waals surface area contributed by atoms with Crippen molar-refractivity contribution in [1.29, 1.82) is 0 Å². The van der Waals surface area contributed by atoms with E-state index in [0.29, 0.717) is 25.7 Å². The van der Waals surface area contributed by atoms with Crippen LogP contribution in [0.3, 0.4) is 0 Å². The van der Waals surface area contributed by atoms with Crippen LogP contribution in [-0.4, -0.2) is 42.3 Å². The highest BCUT2D eigenvalue weighted by molar-refractivity contribution is 5.89. The minimum Gasteiger partial charge on any atom is -0.396 e. The molecule has 0 radical (unpaired) electrons. The second-order valence-corrected chi connectivity index (χ2v) is 6.83. The summed E-state index contributed by atoms with van der Waals surface area (Å²) in [5.41, 5.74) is 1.85. The van der Waals surface area contributed by atoms with Crippen molar-refractivity contribution in [3.8, 4) is 0 Å². The minimum absolute atomic E-state index is 0.0875. The Balaban J connectivity index is 1.83. The summed E-state index contributed by atoms with van der Waals surface area (Å²) in [7, 11) is 1.72. The molecule has 1 aliphatic rings. The van der Waals surface area contributed by atoms with Crippen LogP contribution in [0.15, 0.2) is 24.3 Å². The molecule has 0 aliphatic heterocycles. The number of anilines is 1. The zero-order chi connectivity index (χ0) is 17.4. The molecule has 1 aromatic rings. The van der Waals surface area contributed by atoms with Gasteiger partial charge in [0.2, 0.25) is 0 Å². The van der Waals surface area contributed by atoms with Crippen molar-refractivity contribution in [3.63, 3.8) is 0 Å². The summed E-state index contributed by atoms with van der Waals surface area (Å²) in [6, 6.07) is 7.64. The predicted octanol–water partition coefficient (Wildman–Crippen LogP) is 3.63. The van der Waals surface area contributed by atoms with Crippen molar-refractivity contribution in [1.82, 2.24) is 4.90 Å². The van der Waals surface area contributed by atoms with Crippen LogP contribution in [0.4, 0.5) is 10.5 Å². The summed E-state index contributed by atoms with van der Waals surface area (Å²) in [5, 5.41) is 11.7. The Morgan fingerprint density at radius 3 is 3.00 bits per heavy atom. The van der Waals surface area contributed by atoms with Gasteiger partial charge < -0.3 is 20.1 Å². The number of hydrogen-bond donors (Lipinski definition) is 2. The highest BCUT2D eigenvalue weighted by Gasteiger charge is 2.19. The Bertz CT molecular complexity index is 521. The number of nitrogens with zero attached hydrogens (tertiary/aromatic N) is 1. The molecule has 2 rings (SSSR count). The molecule has 2 atom stereocenters. The van der Waals surface area contributed by atoms with E-state index in [1.165, 1.54) is 12.8 Å². The average Bonchev–Trinajstić information content (AvgIpc) is 2.58. The maximum Gasteiger partial charge on any atom is 0.321 e. The van der Waals surface area contributed by atoms with Crippen LogP contribution in [0.2, 0.25) is 0 Å². The molecular weight excluding hydrogens is 304 g/mol. The standard InChI is InChI=1S/C19H30N2O3/c1-15-6-3-9-18(12-15)24-14-16-7-4-8-17(13-16)20-19(23)21(2)10-5-11-22/h4,7-8,13,15,18,22H,3,5-6,9-12,14H2,1-2H3,(H,20,23)/t15-,18-/m1/s1. The third kappa shape index (κ3) is 6.13. The van der Waals surface area contributed by atoms with Gasteiger partial charge in [0.1, 0.15) is 0 Å². The van der Waals surface area contributed by atoms with Crippen molar-refractivity contribution in [2.75, 3.05) is 25.5 Å². The highest BCUT2D eigenvalue weighted by Crippen LogP contribution is 2.26. The Morgan fingerprint density at radius 2 is 2.25 bits per heavy atom. The topological polar surface area (TPSA) is 61.8 Å². The summed E-state index contributed by atoms with van der Waals surface area (Å²) < 4.78 is 6.05. The third-order valence-electron chi connectivity index (χ3n) is 4.55. The maximum absolute atomic E-state index is 12.1. The molecule has 0 saturated heterocycles. The summed E-state index contributed by atoms with van der Waals surface area (Å²) >= 11 is 0. The van der Waals surface area contributed by atoms with E-state index < -0.39 is 0 Å². The fraction of sp³-hybridized carbons (Fsp3) is 0.632. The van der Waals surface area contributed by atoms with E-state index in [-0.39, 0.29) is 12.6 Å². The van der Waals surface area contributed by atoms with Crippen LogP contribution < -0.4 is 5.32 Å². The average molecular weight is 334 g/mol. The normalized spacial score (nSPS) is 20.6. The van der Waals surface area contributed by atoms with E-state index in [2.05, 4.69) is 12.2 Å². The lowest BCUT2D eigenvalue weighted by Crippen LogP contribution is -2.32. The first kappa shape index (κ1) is 18.7. The van der Waals surface area contributed by atoms with Crippen LogP contribution in [0.25, 0.3) is 0 Å². The number of rotatable bonds is 7. The monoisotopic (exact) mass is 334 g/mol. The number of benzene rings is 1. The lowest BCUT2D eigenvalue weighted by molar-refractivity contribution is 0.00468. The van der Waals surface area contributed by atoms with Crippen molar-refractivity contribution in [3.05, 3.63) is 29.8 Å². The Kier molecular flexibility index (Phi) is 7.53. The van der Waals surface area contributed by atoms with Gasteiger partial charge >= 0.3 is 6.03 Å². The second-order valence-electron chi connectivity index (χ2n) is 6.83. The van der Waals surface area contributed by atoms with Crippen molar-refractivity contribution in [2.24, 2.45) is 5.92 Å². The Morgan fingerprint density at radius 1 is 1.42 bits per heavy atom. The molecule has 1 saturated carbocycles. The van der Waals surface area contributed by atoms with Gasteiger partial charge in [0.05, 0.1) is 12.7 Å². The lowest BCUT2D eigenvalue weighted by Gasteiger charge is -2.26. The molecule has 0 unspecified atom stereocenters. The summed E-state index contributed by atoms with van der Waals surface area (Å²) in [4.78, 5) is 13.6. The molecule has 5 heteroatoms. The second kappa shape index (κ2) is 9.64. The van der Waals surface area contributed by atoms with E-state index in [9.17, 15) is 4.79 Å². The molecule has 2 amide bonds. The number of aliphatic hydroxyl groups is 1. The third-order valence-corrected chi connectivity index (χ3v) is 4.55. The fourth-order valence-corrected chi connectivity index (χ4v) is 3.11. The minimum atomic E-state index is -0.164. The Labute approximate surface area is 145 Å². The summed E-state index contributed by atoms with van der Waals surface area (Å²) in [5.74, 6) is 0.754. The smallest absolute Gasteiger partial charge is 0.321 e. The molecule has 0 spiro atoms. The number of ether oxygens (including phenoxy) is 1. The van der Waals surface area contributed by atoms with Gasteiger partial charge in [-0.2, -0.15) is 0 Å². The number of hydrogen-bond acceptors (Lipinski definition) is 3. The molecule has 134 valence electrons. The summed E-state index contributed by atoms with van der Waals surface area (Å²) in [6.07, 6.45) is 5.80. The first-order valence-corrected chi connectivity index (χ1v) is 8.92. The van der Waals surface area contributed by atoms with Crippen LogP contribution in [-0.2, 0) is 11.3 Å². The number of carbonyl (C=O) groups excluding carboxylic acids is 1. The quantitative estimate of drug-likeness (QED) is 0.800. The molecule has 1 aliphatic carbocycles. The first-order valence-electron chi connectivity index (χ1n) is 8.92. The molecular formula is C19H30N2O3. The SMILES string of the molecule is C[C@@H]1CCC[C@@H](OCc2cccc(NC(=O)N(C)CCCO)c2)C1. The lowest BCUT2D eigenvalue weighted by atomic mass is 9.89. The number of urea groups is 1. The first-order chi connectivity index (χ1) is 11.6. The van der Waals surface area contributed by atoms with E-state index in [1.54, 1.807) is 11.9 Å². The number of nitrogens with one attached hydrogen (secondary N) is 1. The highest BCUT2D eigenvalue weighted by atomic mass is 16.5. The van der Waals surface area contributed by atoms with Crippen molar-refractivity contribution in [2.45, 2.75) is 51.7 Å². The molecule has 1 aromatic carbocycles. The Hall–Kier alpha value is -1.59. The van der Waals surface area contributed by atoms with Gasteiger partial charge in [0.25, 0.3) is 0 Å². The molecule has 0 heterocycles. The van der Waals surface area contributed by atoms with Crippen molar-refractivity contribution < 1.29 is 14.6 Å². The summed E-state index contributed by atoms with van der Waals surface area (Å²) in [6.45, 7) is 3.50. The van der Waals surface area contributed by atoms with Crippen LogP contribution in [0.5, 0.6) is 0 Å². The van der Waals surface area contributed by atoms with Crippen molar-refractivity contribution >= 4 is 11.7 Å². The molecule has 24 heavy (non-hydrogen) atoms. The molecule has 2 N–H and O–H groups in total. The van der Waals surface area contributed by atoms with Gasteiger partial charge in [-0.05, 0) is 42.9 Å². The van der Waals surface area contributed by atoms with E-state index in [0.717, 1.165) is 30.0 Å². The molecule has 1 fully saturated rings. The zero-order valence-corrected chi connectivity index (χ0v) is 14.8. The van der Waals surface area contributed by atoms with Gasteiger partial charge in [-0.15, -0.1) is 0 Å². The fourth-order valence-electron chi connectivity index (χ4n) is 3.11. The number of carbonyl (C=O) groups is 1. The van der Waals surface area contributed by atoms with E-state index >= 15 is 0 Å². The van der Waals surface area contributed by atoms with Crippen LogP contribution >= 0.6 is 0 Å². The van der Waals surface area contributed by atoms with Gasteiger partial charge in [-0.3, -0.25) is 0 Å². The number of aliphatic hydroxyl groups excluding tert-OH is 1. The largest absolute Gasteiger partial charge is 0.396 e. The van der Waals surface area contributed by atoms with E-state index in [4.69, 9.17) is 9.84 Å². The number of amides is 2. The maximum atomic E-state index is 12.1. The zero-order valence-electron chi connectivity index (χ0n) is 14.8.